The first kappa shape index (κ1) is 27.2. The van der Waals surface area contributed by atoms with E-state index in [-0.39, 0.29) is 5.91 Å². The van der Waals surface area contributed by atoms with Crippen molar-refractivity contribution in [2.45, 2.75) is 31.6 Å². The zero-order valence-electron chi connectivity index (χ0n) is 23.6. The summed E-state index contributed by atoms with van der Waals surface area (Å²) in [5, 5.41) is 14.8. The van der Waals surface area contributed by atoms with Gasteiger partial charge in [0.2, 0.25) is 17.6 Å². The van der Waals surface area contributed by atoms with Crippen molar-refractivity contribution in [3.8, 4) is 17.6 Å². The van der Waals surface area contributed by atoms with E-state index in [1.165, 1.54) is 17.4 Å². The van der Waals surface area contributed by atoms with E-state index in [9.17, 15) is 10.1 Å². The number of nitrogen functional groups attached to an aromatic ring is 1. The van der Waals surface area contributed by atoms with Gasteiger partial charge in [0.25, 0.3) is 0 Å². The standard InChI is InChI=1S/C29H35N9O2S/c1-4-24(39)38-14-12-36(13-15-38)19-16-21(32-23(17-19)37-10-8-35(3)9-11-37)27-33-28(40-34-27)29(2)7-5-6-22-25(29)20(18-30)26(31)41-22/h4,16-17H,1,5-15,31H2,2-3H3. The number of aryl methyl sites for hydroxylation is 1. The molecule has 0 radical (unpaired) electrons. The number of aromatic nitrogens is 3. The van der Waals surface area contributed by atoms with Gasteiger partial charge in [-0.05, 0) is 45.4 Å². The van der Waals surface area contributed by atoms with Gasteiger partial charge >= 0.3 is 0 Å². The zero-order chi connectivity index (χ0) is 28.7. The fraction of sp³-hybridized carbons (Fsp3) is 0.483. The lowest BCUT2D eigenvalue weighted by Crippen LogP contribution is -2.48. The highest BCUT2D eigenvalue weighted by molar-refractivity contribution is 7.16. The first-order valence-corrected chi connectivity index (χ1v) is 14.9. The molecule has 1 atom stereocenters. The van der Waals surface area contributed by atoms with Gasteiger partial charge in [-0.15, -0.1) is 11.3 Å². The second-order valence-electron chi connectivity index (χ2n) is 11.2. The molecule has 2 saturated heterocycles. The summed E-state index contributed by atoms with van der Waals surface area (Å²) in [7, 11) is 2.13. The van der Waals surface area contributed by atoms with Crippen LogP contribution in [0.3, 0.4) is 0 Å². The molecule has 2 N–H and O–H groups in total. The Morgan fingerprint density at radius 3 is 2.59 bits per heavy atom. The summed E-state index contributed by atoms with van der Waals surface area (Å²) in [5.74, 6) is 1.74. The minimum atomic E-state index is -0.593. The van der Waals surface area contributed by atoms with Crippen LogP contribution in [0.1, 0.15) is 41.7 Å². The second kappa shape index (κ2) is 10.8. The predicted molar refractivity (Wildman–Crippen MR) is 159 cm³/mol. The number of thiophene rings is 1. The number of nitriles is 1. The molecule has 6 rings (SSSR count). The minimum Gasteiger partial charge on any atom is -0.389 e. The highest BCUT2D eigenvalue weighted by atomic mass is 32.1. The molecule has 0 spiro atoms. The van der Waals surface area contributed by atoms with Gasteiger partial charge in [-0.25, -0.2) is 4.98 Å². The lowest BCUT2D eigenvalue weighted by molar-refractivity contribution is -0.126. The molecule has 2 fully saturated rings. The van der Waals surface area contributed by atoms with Crippen molar-refractivity contribution in [1.29, 1.82) is 5.26 Å². The molecular weight excluding hydrogens is 538 g/mol. The largest absolute Gasteiger partial charge is 0.389 e. The summed E-state index contributed by atoms with van der Waals surface area (Å²) in [6.45, 7) is 12.0. The number of fused-ring (bicyclic) bond motifs is 1. The number of likely N-dealkylation sites (N-methyl/N-ethyl adjacent to an activating group) is 1. The van der Waals surface area contributed by atoms with Crippen LogP contribution in [0.25, 0.3) is 11.5 Å². The van der Waals surface area contributed by atoms with Gasteiger partial charge in [-0.2, -0.15) is 10.2 Å². The normalized spacial score (nSPS) is 21.4. The van der Waals surface area contributed by atoms with E-state index in [4.69, 9.17) is 20.2 Å². The SMILES string of the molecule is C=CC(=O)N1CCN(c2cc(-c3noc(C4(C)CCCc5sc(N)c(C#N)c54)n3)nc(N3CCN(C)CC3)c2)CC1. The number of nitrogens with zero attached hydrogens (tertiary/aromatic N) is 8. The first-order chi connectivity index (χ1) is 19.8. The highest BCUT2D eigenvalue weighted by Crippen LogP contribution is 2.48. The van der Waals surface area contributed by atoms with E-state index >= 15 is 0 Å². The van der Waals surface area contributed by atoms with Crippen molar-refractivity contribution in [2.24, 2.45) is 0 Å². The van der Waals surface area contributed by atoms with Crippen molar-refractivity contribution in [3.63, 3.8) is 0 Å². The van der Waals surface area contributed by atoms with Gasteiger partial charge in [-0.3, -0.25) is 4.79 Å². The van der Waals surface area contributed by atoms with E-state index in [2.05, 4.69) is 52.5 Å². The molecule has 2 aliphatic heterocycles. The Labute approximate surface area is 243 Å². The lowest BCUT2D eigenvalue weighted by Gasteiger charge is -2.37. The minimum absolute atomic E-state index is 0.0381. The number of nitrogens with two attached hydrogens (primary N) is 1. The molecule has 3 aromatic heterocycles. The quantitative estimate of drug-likeness (QED) is 0.455. The number of anilines is 3. The van der Waals surface area contributed by atoms with E-state index in [0.29, 0.717) is 54.2 Å². The van der Waals surface area contributed by atoms with Crippen LogP contribution in [-0.2, 0) is 16.6 Å². The van der Waals surface area contributed by atoms with Crippen molar-refractivity contribution in [1.82, 2.24) is 24.9 Å². The third-order valence-electron chi connectivity index (χ3n) is 8.63. The Bertz CT molecular complexity index is 1510. The number of pyridine rings is 1. The molecule has 0 saturated carbocycles. The lowest BCUT2D eigenvalue weighted by atomic mass is 9.72. The molecule has 41 heavy (non-hydrogen) atoms. The molecule has 12 heteroatoms. The molecule has 0 bridgehead atoms. The van der Waals surface area contributed by atoms with Crippen LogP contribution in [-0.4, -0.2) is 90.2 Å². The van der Waals surface area contributed by atoms with E-state index in [1.54, 1.807) is 0 Å². The molecule has 0 aromatic carbocycles. The number of carbonyl (C=O) groups excluding carboxylic acids is 1. The monoisotopic (exact) mass is 573 g/mol. The van der Waals surface area contributed by atoms with E-state index in [1.807, 2.05) is 11.0 Å². The summed E-state index contributed by atoms with van der Waals surface area (Å²) >= 11 is 1.49. The summed E-state index contributed by atoms with van der Waals surface area (Å²) in [6.07, 6.45) is 4.01. The maximum atomic E-state index is 12.1. The average Bonchev–Trinajstić information content (AvgIpc) is 3.63. The Morgan fingerprint density at radius 2 is 1.88 bits per heavy atom. The highest BCUT2D eigenvalue weighted by Gasteiger charge is 2.43. The Balaban J connectivity index is 1.36. The Kier molecular flexibility index (Phi) is 7.17. The zero-order valence-corrected chi connectivity index (χ0v) is 24.4. The van der Waals surface area contributed by atoms with Crippen molar-refractivity contribution >= 4 is 33.8 Å². The molecule has 1 aliphatic carbocycles. The molecular formula is C29H35N9O2S. The number of amides is 1. The van der Waals surface area contributed by atoms with Crippen molar-refractivity contribution in [2.75, 3.05) is 74.9 Å². The third kappa shape index (κ3) is 4.93. The van der Waals surface area contributed by atoms with E-state index < -0.39 is 5.41 Å². The van der Waals surface area contributed by atoms with Gasteiger partial charge in [0.15, 0.2) is 0 Å². The van der Waals surface area contributed by atoms with Gasteiger partial charge in [-0.1, -0.05) is 11.7 Å². The number of piperazine rings is 2. The van der Waals surface area contributed by atoms with Gasteiger partial charge in [0.1, 0.15) is 22.6 Å². The van der Waals surface area contributed by atoms with Crippen LogP contribution in [0.15, 0.2) is 29.3 Å². The summed E-state index contributed by atoms with van der Waals surface area (Å²) in [6, 6.07) is 6.45. The maximum Gasteiger partial charge on any atom is 0.246 e. The average molecular weight is 574 g/mol. The maximum absolute atomic E-state index is 12.1. The van der Waals surface area contributed by atoms with Crippen molar-refractivity contribution in [3.05, 3.63) is 46.7 Å². The number of hydrogen-bond acceptors (Lipinski definition) is 11. The molecule has 3 aromatic rings. The summed E-state index contributed by atoms with van der Waals surface area (Å²) < 4.78 is 5.93. The summed E-state index contributed by atoms with van der Waals surface area (Å²) in [5.41, 5.74) is 8.74. The fourth-order valence-corrected chi connectivity index (χ4v) is 7.36. The molecule has 5 heterocycles. The van der Waals surface area contributed by atoms with Crippen LogP contribution in [0.4, 0.5) is 16.5 Å². The number of carbonyl (C=O) groups is 1. The van der Waals surface area contributed by atoms with Crippen LogP contribution in [0.2, 0.25) is 0 Å². The smallest absolute Gasteiger partial charge is 0.246 e. The third-order valence-corrected chi connectivity index (χ3v) is 9.71. The van der Waals surface area contributed by atoms with Crippen LogP contribution >= 0.6 is 11.3 Å². The molecule has 1 unspecified atom stereocenters. The molecule has 1 amide bonds. The number of rotatable bonds is 5. The Hall–Kier alpha value is -3.95. The van der Waals surface area contributed by atoms with Gasteiger partial charge in [0, 0.05) is 74.6 Å². The predicted octanol–water partition coefficient (Wildman–Crippen LogP) is 2.88. The first-order valence-electron chi connectivity index (χ1n) is 14.1. The van der Waals surface area contributed by atoms with E-state index in [0.717, 1.165) is 67.4 Å². The van der Waals surface area contributed by atoms with Crippen LogP contribution in [0.5, 0.6) is 0 Å². The van der Waals surface area contributed by atoms with Crippen molar-refractivity contribution < 1.29 is 9.32 Å². The van der Waals surface area contributed by atoms with Crippen LogP contribution in [0, 0.1) is 11.3 Å². The van der Waals surface area contributed by atoms with Crippen LogP contribution < -0.4 is 15.5 Å². The Morgan fingerprint density at radius 1 is 1.15 bits per heavy atom. The molecule has 214 valence electrons. The topological polar surface area (TPSA) is 132 Å². The van der Waals surface area contributed by atoms with Gasteiger partial charge < -0.3 is 29.9 Å². The summed E-state index contributed by atoms with van der Waals surface area (Å²) in [4.78, 5) is 31.9. The van der Waals surface area contributed by atoms with Gasteiger partial charge in [0.05, 0.1) is 11.0 Å². The number of hydrogen-bond donors (Lipinski definition) is 1. The fourth-order valence-electron chi connectivity index (χ4n) is 6.17. The molecule has 11 nitrogen and oxygen atoms in total. The second-order valence-corrected chi connectivity index (χ2v) is 12.4. The molecule has 3 aliphatic rings.